The van der Waals surface area contributed by atoms with Gasteiger partial charge in [0.15, 0.2) is 0 Å². The predicted molar refractivity (Wildman–Crippen MR) is 154 cm³/mol. The summed E-state index contributed by atoms with van der Waals surface area (Å²) in [6.45, 7) is 0.0275. The van der Waals surface area contributed by atoms with Crippen LogP contribution in [0.25, 0.3) is 28.1 Å². The first kappa shape index (κ1) is 32.9. The highest BCUT2D eigenvalue weighted by atomic mass is 35.5. The smallest absolute Gasteiger partial charge is 0.471 e. The highest BCUT2D eigenvalue weighted by molar-refractivity contribution is 6.38. The summed E-state index contributed by atoms with van der Waals surface area (Å²) >= 11 is 6.60. The number of tetrazole rings is 1. The van der Waals surface area contributed by atoms with E-state index < -0.39 is 35.3 Å². The number of carbonyl (C=O) groups is 3. The molecule has 1 aliphatic rings. The topological polar surface area (TPSA) is 179 Å². The number of hydrogen-bond donors (Lipinski definition) is 3. The number of nitrogens with zero attached hydrogens (tertiary/aromatic N) is 6. The number of nitrogens with one attached hydrogen (secondary N) is 2. The first-order valence-electron chi connectivity index (χ1n) is 13.5. The van der Waals surface area contributed by atoms with E-state index in [1.165, 1.54) is 30.1 Å². The van der Waals surface area contributed by atoms with Gasteiger partial charge in [-0.15, -0.1) is 10.2 Å². The van der Waals surface area contributed by atoms with Gasteiger partial charge in [0, 0.05) is 17.6 Å². The van der Waals surface area contributed by atoms with E-state index >= 15 is 0 Å². The van der Waals surface area contributed by atoms with E-state index in [9.17, 15) is 31.9 Å². The molecule has 0 aliphatic heterocycles. The van der Waals surface area contributed by atoms with Crippen molar-refractivity contribution >= 4 is 40.3 Å². The molecular weight excluding hydrogens is 656 g/mol. The molecule has 1 fully saturated rings. The van der Waals surface area contributed by atoms with Crippen molar-refractivity contribution in [1.29, 1.82) is 0 Å². The molecule has 2 aromatic carbocycles. The summed E-state index contributed by atoms with van der Waals surface area (Å²) in [6, 6.07) is 12.3. The van der Waals surface area contributed by atoms with E-state index in [1.807, 2.05) is 0 Å². The number of halogens is 5. The van der Waals surface area contributed by atoms with Crippen LogP contribution in [0.2, 0.25) is 5.02 Å². The number of alkyl halides is 3. The molecule has 246 valence electrons. The number of benzene rings is 2. The zero-order valence-electron chi connectivity index (χ0n) is 24.3. The van der Waals surface area contributed by atoms with Gasteiger partial charge in [-0.1, -0.05) is 23.7 Å². The highest BCUT2D eigenvalue weighted by Gasteiger charge is 2.54. The van der Waals surface area contributed by atoms with Crippen LogP contribution in [0.5, 0.6) is 5.88 Å². The summed E-state index contributed by atoms with van der Waals surface area (Å²) in [5.74, 6) is -4.27. The lowest BCUT2D eigenvalue weighted by molar-refractivity contribution is -0.175. The second kappa shape index (κ2) is 12.7. The molecule has 47 heavy (non-hydrogen) atoms. The maximum Gasteiger partial charge on any atom is 0.471 e. The fourth-order valence-electron chi connectivity index (χ4n) is 4.46. The Bertz CT molecular complexity index is 1970. The van der Waals surface area contributed by atoms with Crippen LogP contribution in [0.1, 0.15) is 29.0 Å². The minimum atomic E-state index is -5.07. The molecule has 3 N–H and O–H groups in total. The molecule has 0 atom stereocenters. The zero-order chi connectivity index (χ0) is 34.1. The summed E-state index contributed by atoms with van der Waals surface area (Å²) in [4.78, 5) is 35.1. The summed E-state index contributed by atoms with van der Waals surface area (Å²) in [6.07, 6.45) is -4.82. The van der Waals surface area contributed by atoms with Gasteiger partial charge in [0.2, 0.25) is 17.5 Å². The van der Waals surface area contributed by atoms with Crippen LogP contribution in [0.4, 0.5) is 17.6 Å². The van der Waals surface area contributed by atoms with Gasteiger partial charge >= 0.3 is 18.1 Å². The molecule has 19 heteroatoms. The van der Waals surface area contributed by atoms with E-state index in [1.54, 1.807) is 47.3 Å². The van der Waals surface area contributed by atoms with E-state index in [2.05, 4.69) is 35.1 Å². The molecule has 1 aliphatic carbocycles. The summed E-state index contributed by atoms with van der Waals surface area (Å²) < 4.78 is 62.3. The number of aromatic nitrogens is 6. The number of methoxy groups -OCH3 is 1. The minimum absolute atomic E-state index is 0.0275. The fourth-order valence-corrected chi connectivity index (χ4v) is 4.78. The summed E-state index contributed by atoms with van der Waals surface area (Å²) in [7, 11) is 2.98. The number of carboxylic acid groups (broad SMARTS) is 1. The quantitative estimate of drug-likeness (QED) is 0.204. The van der Waals surface area contributed by atoms with E-state index in [4.69, 9.17) is 16.7 Å². The molecule has 6 rings (SSSR count). The maximum atomic E-state index is 14.0. The second-order valence-electron chi connectivity index (χ2n) is 10.2. The van der Waals surface area contributed by atoms with E-state index in [-0.39, 0.29) is 41.9 Å². The number of hydrogen-bond acceptors (Lipinski definition) is 9. The van der Waals surface area contributed by atoms with Crippen LogP contribution in [0.3, 0.4) is 0 Å². The fraction of sp³-hybridized carbons (Fsp3) is 0.250. The van der Waals surface area contributed by atoms with Crippen LogP contribution in [0.15, 0.2) is 53.1 Å². The lowest BCUT2D eigenvalue weighted by Crippen LogP contribution is -2.52. The normalized spacial score (nSPS) is 13.4. The van der Waals surface area contributed by atoms with Crippen molar-refractivity contribution in [2.45, 2.75) is 31.1 Å². The molecule has 3 aromatic heterocycles. The maximum absolute atomic E-state index is 14.0. The van der Waals surface area contributed by atoms with E-state index in [0.29, 0.717) is 27.8 Å². The van der Waals surface area contributed by atoms with Crippen molar-refractivity contribution in [3.05, 3.63) is 70.7 Å². The second-order valence-corrected chi connectivity index (χ2v) is 10.6. The molecule has 1 saturated carbocycles. The standard InChI is InChI=1S/C23H18ClF4N7O2.C5H5NO4/c1-34-32-19(31-33-34)18-17(24)15-10-13(25)4-7-16(15)35(18)14-5-2-12(3-6-14)11-29-20(36)22(8-9-22)30-21(37)23(26,27)28;1-9-4-2-3(5(7)8)10-6-4/h2-7,10H,8-9,11H2,1H3,(H,29,36)(H,30,37);2H,1H3,(H,7,8). The largest absolute Gasteiger partial charge is 0.479 e. The third-order valence-corrected chi connectivity index (χ3v) is 7.32. The van der Waals surface area contributed by atoms with Gasteiger partial charge in [-0.05, 0) is 59.1 Å². The van der Waals surface area contributed by atoms with Gasteiger partial charge < -0.3 is 29.6 Å². The van der Waals surface area contributed by atoms with Crippen molar-refractivity contribution in [2.75, 3.05) is 7.11 Å². The Morgan fingerprint density at radius 3 is 2.36 bits per heavy atom. The lowest BCUT2D eigenvalue weighted by atomic mass is 10.1. The molecule has 3 heterocycles. The first-order chi connectivity index (χ1) is 22.2. The molecule has 0 spiro atoms. The molecule has 14 nitrogen and oxygen atoms in total. The Morgan fingerprint density at radius 1 is 1.13 bits per heavy atom. The molecule has 0 saturated heterocycles. The minimum Gasteiger partial charge on any atom is -0.479 e. The molecule has 0 unspecified atom stereocenters. The van der Waals surface area contributed by atoms with Gasteiger partial charge in [0.25, 0.3) is 5.88 Å². The van der Waals surface area contributed by atoms with Crippen LogP contribution in [0, 0.1) is 5.82 Å². The van der Waals surface area contributed by atoms with E-state index in [0.717, 1.165) is 0 Å². The summed E-state index contributed by atoms with van der Waals surface area (Å²) in [5, 5.41) is 28.8. The van der Waals surface area contributed by atoms with Crippen LogP contribution < -0.4 is 15.4 Å². The number of ether oxygens (including phenoxy) is 1. The lowest BCUT2D eigenvalue weighted by Gasteiger charge is -2.18. The highest BCUT2D eigenvalue weighted by Crippen LogP contribution is 2.39. The third kappa shape index (κ3) is 7.01. The third-order valence-electron chi connectivity index (χ3n) is 6.94. The average Bonchev–Trinajstić information content (AvgIpc) is 3.33. The molecule has 2 amide bonds. The summed E-state index contributed by atoms with van der Waals surface area (Å²) in [5.41, 5.74) is 0.764. The molecule has 5 aromatic rings. The van der Waals surface area contributed by atoms with Crippen molar-refractivity contribution in [3.8, 4) is 23.1 Å². The first-order valence-corrected chi connectivity index (χ1v) is 13.8. The van der Waals surface area contributed by atoms with Crippen LogP contribution >= 0.6 is 11.6 Å². The van der Waals surface area contributed by atoms with Gasteiger partial charge in [0.1, 0.15) is 17.1 Å². The van der Waals surface area contributed by atoms with Crippen LogP contribution in [-0.2, 0) is 23.2 Å². The molecule has 0 radical (unpaired) electrons. The Morgan fingerprint density at radius 2 is 1.83 bits per heavy atom. The zero-order valence-corrected chi connectivity index (χ0v) is 25.1. The number of amides is 2. The monoisotopic (exact) mass is 678 g/mol. The Labute approximate surface area is 266 Å². The van der Waals surface area contributed by atoms with Crippen molar-refractivity contribution < 1.29 is 46.3 Å². The Balaban J connectivity index is 0.000000371. The van der Waals surface area contributed by atoms with Gasteiger partial charge in [-0.25, -0.2) is 9.18 Å². The Kier molecular flexibility index (Phi) is 8.88. The number of aryl methyl sites for hydroxylation is 1. The molecule has 0 bridgehead atoms. The number of rotatable bonds is 8. The predicted octanol–water partition coefficient (Wildman–Crippen LogP) is 3.82. The van der Waals surface area contributed by atoms with Crippen LogP contribution in [-0.4, -0.2) is 71.6 Å². The average molecular weight is 679 g/mol. The van der Waals surface area contributed by atoms with Crippen molar-refractivity contribution in [3.63, 3.8) is 0 Å². The number of fused-ring (bicyclic) bond motifs is 1. The van der Waals surface area contributed by atoms with Gasteiger partial charge in [0.05, 0.1) is 30.8 Å². The van der Waals surface area contributed by atoms with Crippen molar-refractivity contribution in [2.24, 2.45) is 7.05 Å². The number of carbonyl (C=O) groups excluding carboxylic acids is 2. The number of aromatic carboxylic acids is 1. The van der Waals surface area contributed by atoms with Crippen molar-refractivity contribution in [1.82, 2.24) is 40.6 Å². The van der Waals surface area contributed by atoms with Gasteiger partial charge in [-0.2, -0.15) is 18.0 Å². The van der Waals surface area contributed by atoms with Gasteiger partial charge in [-0.3, -0.25) is 9.59 Å². The Hall–Kier alpha value is -5.52. The number of carboxylic acids is 1. The SMILES string of the molecule is COc1cc(C(=O)O)on1.Cn1nnc(-c2c(Cl)c3cc(F)ccc3n2-c2ccc(CNC(=O)C3(NC(=O)C(F)(F)F)CC3)cc2)n1. The molecular formula is C28H23ClF4N8O6.